The van der Waals surface area contributed by atoms with Gasteiger partial charge < -0.3 is 0 Å². The highest BCUT2D eigenvalue weighted by Crippen LogP contribution is 2.21. The summed E-state index contributed by atoms with van der Waals surface area (Å²) in [5.41, 5.74) is 2.09. The van der Waals surface area contributed by atoms with Crippen LogP contribution in [0.3, 0.4) is 0 Å². The molecule has 84 valence electrons. The molecule has 0 radical (unpaired) electrons. The molecule has 5 heteroatoms. The van der Waals surface area contributed by atoms with E-state index in [9.17, 15) is 0 Å². The van der Waals surface area contributed by atoms with Crippen LogP contribution in [0.1, 0.15) is 17.2 Å². The highest BCUT2D eigenvalue weighted by Gasteiger charge is 2.11. The summed E-state index contributed by atoms with van der Waals surface area (Å²) in [6.07, 6.45) is 0. The molecule has 0 fully saturated rings. The highest BCUT2D eigenvalue weighted by molar-refractivity contribution is 6.30. The third-order valence-electron chi connectivity index (χ3n) is 2.41. The summed E-state index contributed by atoms with van der Waals surface area (Å²) in [5.74, 6) is 1.90. The Morgan fingerprint density at radius 2 is 2.00 bits per heavy atom. The molecule has 0 saturated heterocycles. The van der Waals surface area contributed by atoms with E-state index in [0.717, 1.165) is 27.9 Å². The number of benzene rings is 1. The van der Waals surface area contributed by atoms with Crippen molar-refractivity contribution in [3.63, 3.8) is 0 Å². The van der Waals surface area contributed by atoms with Crippen molar-refractivity contribution in [2.45, 2.75) is 19.7 Å². The van der Waals surface area contributed by atoms with E-state index in [1.807, 2.05) is 36.6 Å². The lowest BCUT2D eigenvalue weighted by Crippen LogP contribution is -2.03. The Balaban J connectivity index is 2.62. The zero-order chi connectivity index (χ0) is 11.7. The molecule has 0 N–H and O–H groups in total. The first-order valence-electron chi connectivity index (χ1n) is 4.87. The van der Waals surface area contributed by atoms with Crippen LogP contribution >= 0.6 is 23.2 Å². The van der Waals surface area contributed by atoms with Crippen molar-refractivity contribution in [3.8, 4) is 5.69 Å². The molecule has 0 aliphatic rings. The third-order valence-corrected chi connectivity index (χ3v) is 2.89. The second-order valence-corrected chi connectivity index (χ2v) is 4.27. The highest BCUT2D eigenvalue weighted by atomic mass is 35.5. The second-order valence-electron chi connectivity index (χ2n) is 3.56. The van der Waals surface area contributed by atoms with Crippen molar-refractivity contribution in [3.05, 3.63) is 40.4 Å². The van der Waals surface area contributed by atoms with Gasteiger partial charge in [-0.1, -0.05) is 11.6 Å². The summed E-state index contributed by atoms with van der Waals surface area (Å²) in [7, 11) is 0. The second kappa shape index (κ2) is 4.44. The van der Waals surface area contributed by atoms with Crippen LogP contribution in [0.5, 0.6) is 0 Å². The molecule has 0 saturated carbocycles. The van der Waals surface area contributed by atoms with Crippen molar-refractivity contribution >= 4 is 23.2 Å². The lowest BCUT2D eigenvalue weighted by atomic mass is 10.2. The van der Waals surface area contributed by atoms with Gasteiger partial charge in [0.15, 0.2) is 5.82 Å². The van der Waals surface area contributed by atoms with Crippen molar-refractivity contribution in [1.29, 1.82) is 0 Å². The summed E-state index contributed by atoms with van der Waals surface area (Å²) < 4.78 is 1.94. The van der Waals surface area contributed by atoms with Crippen LogP contribution in [-0.4, -0.2) is 14.8 Å². The molecule has 0 bridgehead atoms. The predicted octanol–water partition coefficient (Wildman–Crippen LogP) is 3.28. The van der Waals surface area contributed by atoms with Crippen LogP contribution < -0.4 is 0 Å². The fourth-order valence-electron chi connectivity index (χ4n) is 1.68. The Labute approximate surface area is 104 Å². The normalized spacial score (nSPS) is 10.8. The Bertz CT molecular complexity index is 520. The van der Waals surface area contributed by atoms with Crippen molar-refractivity contribution in [2.24, 2.45) is 0 Å². The maximum absolute atomic E-state index is 5.93. The Kier molecular flexibility index (Phi) is 3.17. The zero-order valence-electron chi connectivity index (χ0n) is 9.04. The van der Waals surface area contributed by atoms with E-state index < -0.39 is 0 Å². The molecule has 0 spiro atoms. The molecule has 0 aliphatic heterocycles. The van der Waals surface area contributed by atoms with E-state index >= 15 is 0 Å². The van der Waals surface area contributed by atoms with Crippen LogP contribution in [0.2, 0.25) is 5.02 Å². The fourth-order valence-corrected chi connectivity index (χ4v) is 2.08. The summed E-state index contributed by atoms with van der Waals surface area (Å²) in [6.45, 7) is 3.90. The number of aromatic nitrogens is 3. The minimum absolute atomic E-state index is 0.336. The van der Waals surface area contributed by atoms with Gasteiger partial charge >= 0.3 is 0 Å². The van der Waals surface area contributed by atoms with Gasteiger partial charge in [0.1, 0.15) is 5.82 Å². The summed E-state index contributed by atoms with van der Waals surface area (Å²) in [4.78, 5) is 0. The van der Waals surface area contributed by atoms with Crippen molar-refractivity contribution in [1.82, 2.24) is 14.8 Å². The maximum Gasteiger partial charge on any atom is 0.152 e. The summed E-state index contributed by atoms with van der Waals surface area (Å²) in [6, 6.07) is 5.71. The zero-order valence-corrected chi connectivity index (χ0v) is 10.5. The van der Waals surface area contributed by atoms with Gasteiger partial charge in [-0.2, -0.15) is 0 Å². The van der Waals surface area contributed by atoms with Gasteiger partial charge in [-0.05, 0) is 37.6 Å². The smallest absolute Gasteiger partial charge is 0.152 e. The number of halogens is 2. The average Bonchev–Trinajstić information content (AvgIpc) is 2.60. The molecular formula is C11H11Cl2N3. The van der Waals surface area contributed by atoms with Gasteiger partial charge in [-0.3, -0.25) is 4.57 Å². The number of rotatable bonds is 2. The topological polar surface area (TPSA) is 30.7 Å². The van der Waals surface area contributed by atoms with Gasteiger partial charge in [-0.15, -0.1) is 21.8 Å². The third kappa shape index (κ3) is 1.93. The van der Waals surface area contributed by atoms with E-state index in [0.29, 0.717) is 5.88 Å². The van der Waals surface area contributed by atoms with Crippen LogP contribution in [0.15, 0.2) is 18.2 Å². The Hall–Kier alpha value is -1.06. The molecule has 3 nitrogen and oxygen atoms in total. The molecule has 2 aromatic rings. The summed E-state index contributed by atoms with van der Waals surface area (Å²) in [5, 5.41) is 8.77. The minimum Gasteiger partial charge on any atom is -0.282 e. The number of hydrogen-bond donors (Lipinski definition) is 0. The van der Waals surface area contributed by atoms with Gasteiger partial charge in [0.25, 0.3) is 0 Å². The predicted molar refractivity (Wildman–Crippen MR) is 65.4 cm³/mol. The van der Waals surface area contributed by atoms with E-state index in [1.165, 1.54) is 0 Å². The minimum atomic E-state index is 0.336. The van der Waals surface area contributed by atoms with E-state index in [-0.39, 0.29) is 0 Å². The van der Waals surface area contributed by atoms with Gasteiger partial charge in [0, 0.05) is 5.02 Å². The number of nitrogens with zero attached hydrogens (tertiary/aromatic N) is 3. The largest absolute Gasteiger partial charge is 0.282 e. The molecule has 2 rings (SSSR count). The lowest BCUT2D eigenvalue weighted by Gasteiger charge is -2.10. The summed E-state index contributed by atoms with van der Waals surface area (Å²) >= 11 is 11.8. The first-order chi connectivity index (χ1) is 7.63. The van der Waals surface area contributed by atoms with Crippen LogP contribution in [0.4, 0.5) is 0 Å². The average molecular weight is 256 g/mol. The van der Waals surface area contributed by atoms with Crippen LogP contribution in [0, 0.1) is 13.8 Å². The van der Waals surface area contributed by atoms with E-state index in [2.05, 4.69) is 10.2 Å². The first-order valence-corrected chi connectivity index (χ1v) is 5.78. The van der Waals surface area contributed by atoms with Crippen LogP contribution in [0.25, 0.3) is 5.69 Å². The molecule has 1 aromatic carbocycles. The van der Waals surface area contributed by atoms with Gasteiger partial charge in [0.05, 0.1) is 11.6 Å². The maximum atomic E-state index is 5.93. The first kappa shape index (κ1) is 11.4. The van der Waals surface area contributed by atoms with Crippen molar-refractivity contribution in [2.75, 3.05) is 0 Å². The molecule has 1 aromatic heterocycles. The molecule has 0 unspecified atom stereocenters. The standard InChI is InChI=1S/C11H11Cl2N3/c1-7-5-9(13)3-4-10(7)16-8(2)14-15-11(16)6-12/h3-5H,6H2,1-2H3. The van der Waals surface area contributed by atoms with Gasteiger partial charge in [0.2, 0.25) is 0 Å². The Morgan fingerprint density at radius 3 is 2.62 bits per heavy atom. The number of alkyl halides is 1. The van der Waals surface area contributed by atoms with E-state index in [1.54, 1.807) is 0 Å². The van der Waals surface area contributed by atoms with Crippen LogP contribution in [-0.2, 0) is 5.88 Å². The monoisotopic (exact) mass is 255 g/mol. The number of hydrogen-bond acceptors (Lipinski definition) is 2. The fraction of sp³-hybridized carbons (Fsp3) is 0.273. The molecule has 1 heterocycles. The van der Waals surface area contributed by atoms with Crippen molar-refractivity contribution < 1.29 is 0 Å². The molecular weight excluding hydrogens is 245 g/mol. The molecule has 0 amide bonds. The number of aryl methyl sites for hydroxylation is 2. The van der Waals surface area contributed by atoms with E-state index in [4.69, 9.17) is 23.2 Å². The van der Waals surface area contributed by atoms with Gasteiger partial charge in [-0.25, -0.2) is 0 Å². The SMILES string of the molecule is Cc1cc(Cl)ccc1-n1c(C)nnc1CCl. The molecule has 16 heavy (non-hydrogen) atoms. The molecule has 0 aliphatic carbocycles. The Morgan fingerprint density at radius 1 is 1.25 bits per heavy atom. The quantitative estimate of drug-likeness (QED) is 0.772. The molecule has 0 atom stereocenters. The lowest BCUT2D eigenvalue weighted by molar-refractivity contribution is 0.917.